The molecule has 1 amide bonds. The molecule has 1 aliphatic heterocycles. The van der Waals surface area contributed by atoms with Gasteiger partial charge in [0.15, 0.2) is 5.17 Å². The van der Waals surface area contributed by atoms with Crippen molar-refractivity contribution in [3.05, 3.63) is 29.8 Å². The largest absolute Gasteiger partial charge is 0.304 e. The molecule has 29 heavy (non-hydrogen) atoms. The lowest BCUT2D eigenvalue weighted by Crippen LogP contribution is -2.38. The minimum absolute atomic E-state index is 0.0666. The number of fused-ring (bicyclic) bond motifs is 2. The highest BCUT2D eigenvalue weighted by Gasteiger charge is 2.46. The summed E-state index contributed by atoms with van der Waals surface area (Å²) < 4.78 is 29.2. The van der Waals surface area contributed by atoms with Gasteiger partial charge in [-0.15, -0.1) is 0 Å². The number of amidine groups is 1. The second-order valence-corrected chi connectivity index (χ2v) is 11.6. The van der Waals surface area contributed by atoms with Gasteiger partial charge in [-0.25, -0.2) is 0 Å². The first kappa shape index (κ1) is 22.3. The lowest BCUT2D eigenvalue weighted by atomic mass is 9.96. The van der Waals surface area contributed by atoms with E-state index in [9.17, 15) is 13.2 Å². The maximum atomic E-state index is 12.1. The number of benzene rings is 1. The number of aryl methyl sites for hydroxylation is 1. The summed E-state index contributed by atoms with van der Waals surface area (Å²) >= 11 is 1.63. The van der Waals surface area contributed by atoms with Gasteiger partial charge in [0.25, 0.3) is 10.1 Å². The summed E-state index contributed by atoms with van der Waals surface area (Å²) in [5.41, 5.74) is 0.956. The fraction of sp³-hybridized carbons (Fsp3) is 0.619. The zero-order chi connectivity index (χ0) is 21.4. The van der Waals surface area contributed by atoms with Crippen LogP contribution in [0.15, 0.2) is 34.2 Å². The van der Waals surface area contributed by atoms with Crippen LogP contribution in [0.2, 0.25) is 0 Å². The van der Waals surface area contributed by atoms with Crippen LogP contribution in [-0.2, 0) is 14.9 Å². The van der Waals surface area contributed by atoms with Crippen LogP contribution in [0.25, 0.3) is 0 Å². The van der Waals surface area contributed by atoms with Gasteiger partial charge < -0.3 is 5.32 Å². The molecule has 2 aliphatic carbocycles. The summed E-state index contributed by atoms with van der Waals surface area (Å²) in [6, 6.07) is 6.46. The van der Waals surface area contributed by atoms with Crippen LogP contribution in [0, 0.1) is 24.7 Å². The number of rotatable bonds is 3. The first-order valence-electron chi connectivity index (χ1n) is 10.1. The number of aliphatic imine (C=N–C) groups is 1. The molecule has 1 aromatic carbocycles. The van der Waals surface area contributed by atoms with Gasteiger partial charge in [-0.3, -0.25) is 14.3 Å². The molecule has 0 aromatic heterocycles. The quantitative estimate of drug-likeness (QED) is 0.694. The van der Waals surface area contributed by atoms with Crippen molar-refractivity contribution >= 4 is 33.0 Å². The van der Waals surface area contributed by atoms with Gasteiger partial charge in [-0.05, 0) is 63.0 Å². The lowest BCUT2D eigenvalue weighted by molar-refractivity contribution is -0.122. The molecular formula is C21H30N2O4S2. The first-order valence-corrected chi connectivity index (χ1v) is 12.4. The van der Waals surface area contributed by atoms with E-state index in [0.29, 0.717) is 12.0 Å². The molecule has 4 rings (SSSR count). The Balaban J connectivity index is 0.000000188. The molecule has 0 unspecified atom stereocenters. The fourth-order valence-electron chi connectivity index (χ4n) is 4.16. The molecule has 160 valence electrons. The number of carbonyl (C=O) groups is 1. The van der Waals surface area contributed by atoms with Gasteiger partial charge in [-0.2, -0.15) is 8.42 Å². The van der Waals surface area contributed by atoms with Crippen LogP contribution < -0.4 is 5.32 Å². The molecule has 1 saturated heterocycles. The van der Waals surface area contributed by atoms with Gasteiger partial charge in [0.05, 0.1) is 10.9 Å². The predicted molar refractivity (Wildman–Crippen MR) is 117 cm³/mol. The predicted octanol–water partition coefficient (Wildman–Crippen LogP) is 4.05. The molecule has 8 heteroatoms. The Hall–Kier alpha value is -1.38. The summed E-state index contributed by atoms with van der Waals surface area (Å²) in [4.78, 5) is 16.8. The standard InChI is InChI=1S/C14H22N2OS.C7H8O3S/c1-8(2)14(3)12(17)16-13(18-14)15-11-7-9-4-5-10(11)6-9;1-6-2-4-7(5-3-6)11(8,9)10/h8-11H,4-7H2,1-3H3,(H,15,16,17);2-5H,1H3,(H,8,9,10)/t9-,10+,11+,14+;/m1./s1. The van der Waals surface area contributed by atoms with Gasteiger partial charge in [0.1, 0.15) is 4.75 Å². The second kappa shape index (κ2) is 8.40. The Morgan fingerprint density at radius 2 is 1.86 bits per heavy atom. The third-order valence-corrected chi connectivity index (χ3v) is 8.73. The van der Waals surface area contributed by atoms with Crippen LogP contribution in [0.1, 0.15) is 52.0 Å². The van der Waals surface area contributed by atoms with E-state index in [1.807, 2.05) is 13.8 Å². The lowest BCUT2D eigenvalue weighted by Gasteiger charge is -2.23. The SMILES string of the molecule is CC(C)[C@]1(C)SC(=N[C@H]2C[C@@H]3CC[C@H]2C3)NC1=O.Cc1ccc(S(=O)(=O)O)cc1. The molecule has 3 fully saturated rings. The zero-order valence-corrected chi connectivity index (χ0v) is 19.0. The van der Waals surface area contributed by atoms with Crippen molar-refractivity contribution in [3.8, 4) is 0 Å². The number of nitrogens with one attached hydrogen (secondary N) is 1. The van der Waals surface area contributed by atoms with Crippen molar-refractivity contribution in [1.29, 1.82) is 0 Å². The zero-order valence-electron chi connectivity index (χ0n) is 17.4. The van der Waals surface area contributed by atoms with Crippen LogP contribution >= 0.6 is 11.8 Å². The molecule has 0 spiro atoms. The molecule has 3 aliphatic rings. The van der Waals surface area contributed by atoms with E-state index in [4.69, 9.17) is 9.55 Å². The summed E-state index contributed by atoms with van der Waals surface area (Å²) in [6.07, 6.45) is 5.34. The topological polar surface area (TPSA) is 95.8 Å². The smallest absolute Gasteiger partial charge is 0.294 e. The molecule has 2 bridgehead atoms. The minimum Gasteiger partial charge on any atom is -0.304 e. The van der Waals surface area contributed by atoms with Crippen molar-refractivity contribution in [2.24, 2.45) is 22.7 Å². The third kappa shape index (κ3) is 5.03. The van der Waals surface area contributed by atoms with E-state index in [2.05, 4.69) is 19.2 Å². The number of amides is 1. The second-order valence-electron chi connectivity index (χ2n) is 8.78. The van der Waals surface area contributed by atoms with Crippen LogP contribution in [0.4, 0.5) is 0 Å². The molecule has 4 atom stereocenters. The average Bonchev–Trinajstić information content (AvgIpc) is 3.31. The summed E-state index contributed by atoms with van der Waals surface area (Å²) in [5, 5.41) is 3.86. The Morgan fingerprint density at radius 1 is 1.21 bits per heavy atom. The summed E-state index contributed by atoms with van der Waals surface area (Å²) in [5.74, 6) is 2.15. The van der Waals surface area contributed by atoms with Crippen molar-refractivity contribution in [2.45, 2.75) is 69.1 Å². The van der Waals surface area contributed by atoms with Crippen LogP contribution in [0.3, 0.4) is 0 Å². The molecular weight excluding hydrogens is 408 g/mol. The maximum Gasteiger partial charge on any atom is 0.294 e. The Kier molecular flexibility index (Phi) is 6.46. The summed E-state index contributed by atoms with van der Waals surface area (Å²) in [6.45, 7) is 8.08. The highest BCUT2D eigenvalue weighted by Crippen LogP contribution is 2.47. The monoisotopic (exact) mass is 438 g/mol. The van der Waals surface area contributed by atoms with E-state index >= 15 is 0 Å². The highest BCUT2D eigenvalue weighted by molar-refractivity contribution is 8.16. The molecule has 1 aromatic rings. The molecule has 2 saturated carbocycles. The molecule has 0 radical (unpaired) electrons. The van der Waals surface area contributed by atoms with Crippen molar-refractivity contribution < 1.29 is 17.8 Å². The van der Waals surface area contributed by atoms with E-state index < -0.39 is 10.1 Å². The Bertz CT molecular complexity index is 896. The summed E-state index contributed by atoms with van der Waals surface area (Å²) in [7, 11) is -4.02. The fourth-order valence-corrected chi connectivity index (χ4v) is 5.76. The van der Waals surface area contributed by atoms with E-state index in [1.165, 1.54) is 37.8 Å². The highest BCUT2D eigenvalue weighted by atomic mass is 32.2. The normalized spacial score (nSPS) is 32.4. The van der Waals surface area contributed by atoms with Crippen molar-refractivity contribution in [2.75, 3.05) is 0 Å². The number of hydrogen-bond donors (Lipinski definition) is 2. The minimum atomic E-state index is -4.02. The van der Waals surface area contributed by atoms with Crippen molar-refractivity contribution in [1.82, 2.24) is 5.32 Å². The number of carbonyl (C=O) groups excluding carboxylic acids is 1. The van der Waals surface area contributed by atoms with E-state index in [-0.39, 0.29) is 15.5 Å². The van der Waals surface area contributed by atoms with E-state index in [0.717, 1.165) is 22.6 Å². The van der Waals surface area contributed by atoms with Crippen molar-refractivity contribution in [3.63, 3.8) is 0 Å². The molecule has 2 N–H and O–H groups in total. The average molecular weight is 439 g/mol. The number of nitrogens with zero attached hydrogens (tertiary/aromatic N) is 1. The van der Waals surface area contributed by atoms with Gasteiger partial charge in [0.2, 0.25) is 5.91 Å². The van der Waals surface area contributed by atoms with Gasteiger partial charge in [0, 0.05) is 0 Å². The molecule has 1 heterocycles. The molecule has 6 nitrogen and oxygen atoms in total. The number of hydrogen-bond acceptors (Lipinski definition) is 5. The van der Waals surface area contributed by atoms with Gasteiger partial charge >= 0.3 is 0 Å². The maximum absolute atomic E-state index is 12.1. The van der Waals surface area contributed by atoms with Crippen LogP contribution in [0.5, 0.6) is 0 Å². The number of thioether (sulfide) groups is 1. The van der Waals surface area contributed by atoms with Crippen LogP contribution in [-0.4, -0.2) is 34.8 Å². The Labute approximate surface area is 177 Å². The third-order valence-electron chi connectivity index (χ3n) is 6.38. The Morgan fingerprint density at radius 3 is 2.31 bits per heavy atom. The van der Waals surface area contributed by atoms with E-state index in [1.54, 1.807) is 23.9 Å². The first-order chi connectivity index (χ1) is 13.5. The van der Waals surface area contributed by atoms with Gasteiger partial charge in [-0.1, -0.05) is 49.7 Å².